The second kappa shape index (κ2) is 7.38. The molecule has 3 rings (SSSR count). The van der Waals surface area contributed by atoms with Gasteiger partial charge in [-0.05, 0) is 18.1 Å². The van der Waals surface area contributed by atoms with Crippen LogP contribution in [0.25, 0.3) is 10.6 Å². The minimum Gasteiger partial charge on any atom is -0.295 e. The maximum absolute atomic E-state index is 12.3. The fourth-order valence-electron chi connectivity index (χ4n) is 2.00. The number of nitrogens with one attached hydrogen (secondary N) is 1. The Morgan fingerprint density at radius 1 is 1.25 bits per heavy atom. The van der Waals surface area contributed by atoms with Crippen LogP contribution in [0.3, 0.4) is 0 Å². The third-order valence-corrected chi connectivity index (χ3v) is 5.10. The smallest absolute Gasteiger partial charge is 0.276 e. The Kier molecular flexibility index (Phi) is 5.23. The summed E-state index contributed by atoms with van der Waals surface area (Å²) in [7, 11) is 0. The predicted octanol–water partition coefficient (Wildman–Crippen LogP) is 4.77. The highest BCUT2D eigenvalue weighted by Crippen LogP contribution is 2.26. The largest absolute Gasteiger partial charge is 0.295 e. The van der Waals surface area contributed by atoms with Gasteiger partial charge in [-0.2, -0.15) is 0 Å². The summed E-state index contributed by atoms with van der Waals surface area (Å²) >= 11 is 8.69. The van der Waals surface area contributed by atoms with Crippen molar-refractivity contribution in [2.45, 2.75) is 20.3 Å². The van der Waals surface area contributed by atoms with E-state index in [9.17, 15) is 4.79 Å². The van der Waals surface area contributed by atoms with Gasteiger partial charge in [0.05, 0.1) is 0 Å². The minimum atomic E-state index is -0.279. The van der Waals surface area contributed by atoms with Gasteiger partial charge in [-0.3, -0.25) is 10.1 Å². The maximum Gasteiger partial charge on any atom is 0.276 e. The Labute approximate surface area is 152 Å². The molecular formula is C16H15ClN4OS2. The van der Waals surface area contributed by atoms with Crippen LogP contribution in [0.2, 0.25) is 5.02 Å². The van der Waals surface area contributed by atoms with Crippen LogP contribution in [0, 0.1) is 5.92 Å². The summed E-state index contributed by atoms with van der Waals surface area (Å²) in [6.45, 7) is 4.24. The first-order valence-electron chi connectivity index (χ1n) is 7.36. The van der Waals surface area contributed by atoms with E-state index in [-0.39, 0.29) is 5.91 Å². The number of hydrogen-bond acceptors (Lipinski definition) is 6. The molecule has 8 heteroatoms. The molecule has 1 N–H and O–H groups in total. The van der Waals surface area contributed by atoms with Crippen molar-refractivity contribution < 1.29 is 4.79 Å². The highest BCUT2D eigenvalue weighted by atomic mass is 35.5. The highest BCUT2D eigenvalue weighted by molar-refractivity contribution is 7.15. The molecule has 1 amide bonds. The first-order valence-corrected chi connectivity index (χ1v) is 9.44. The van der Waals surface area contributed by atoms with E-state index in [1.54, 1.807) is 17.5 Å². The van der Waals surface area contributed by atoms with E-state index in [0.29, 0.717) is 21.8 Å². The van der Waals surface area contributed by atoms with Crippen molar-refractivity contribution >= 4 is 45.3 Å². The molecule has 0 bridgehead atoms. The molecule has 3 aromatic rings. The van der Waals surface area contributed by atoms with Crippen LogP contribution in [-0.2, 0) is 6.42 Å². The summed E-state index contributed by atoms with van der Waals surface area (Å²) in [6, 6.07) is 7.36. The molecule has 0 atom stereocenters. The van der Waals surface area contributed by atoms with Crippen LogP contribution in [0.4, 0.5) is 5.13 Å². The molecule has 5 nitrogen and oxygen atoms in total. The van der Waals surface area contributed by atoms with Crippen molar-refractivity contribution in [1.29, 1.82) is 0 Å². The van der Waals surface area contributed by atoms with Crippen molar-refractivity contribution in [3.63, 3.8) is 0 Å². The Morgan fingerprint density at radius 3 is 2.71 bits per heavy atom. The summed E-state index contributed by atoms with van der Waals surface area (Å²) in [4.78, 5) is 16.7. The number of amides is 1. The fourth-order valence-corrected chi connectivity index (χ4v) is 3.88. The third-order valence-electron chi connectivity index (χ3n) is 3.10. The summed E-state index contributed by atoms with van der Waals surface area (Å²) in [5.74, 6) is 0.223. The molecule has 124 valence electrons. The van der Waals surface area contributed by atoms with E-state index in [1.807, 2.05) is 12.1 Å². The topological polar surface area (TPSA) is 67.8 Å². The molecule has 2 heterocycles. The molecule has 2 aromatic heterocycles. The van der Waals surface area contributed by atoms with Crippen LogP contribution < -0.4 is 5.32 Å². The Bertz CT molecular complexity index is 842. The van der Waals surface area contributed by atoms with Crippen molar-refractivity contribution in [3.05, 3.63) is 45.4 Å². The van der Waals surface area contributed by atoms with Gasteiger partial charge in [0.25, 0.3) is 5.91 Å². The zero-order valence-electron chi connectivity index (χ0n) is 13.1. The lowest BCUT2D eigenvalue weighted by Crippen LogP contribution is -2.12. The molecule has 0 fully saturated rings. The lowest BCUT2D eigenvalue weighted by molar-refractivity contribution is 0.102. The third kappa shape index (κ3) is 4.17. The molecule has 24 heavy (non-hydrogen) atoms. The van der Waals surface area contributed by atoms with Gasteiger partial charge < -0.3 is 0 Å². The molecule has 0 spiro atoms. The van der Waals surface area contributed by atoms with Gasteiger partial charge in [0.1, 0.15) is 15.7 Å². The summed E-state index contributed by atoms with van der Waals surface area (Å²) in [6.07, 6.45) is 0.852. The number of halogens is 1. The molecule has 0 saturated carbocycles. The number of carbonyl (C=O) groups excluding carboxylic acids is 1. The van der Waals surface area contributed by atoms with Crippen LogP contribution >= 0.6 is 34.3 Å². The average molecular weight is 379 g/mol. The van der Waals surface area contributed by atoms with E-state index >= 15 is 0 Å². The number of thiazole rings is 1. The van der Waals surface area contributed by atoms with E-state index in [0.717, 1.165) is 22.0 Å². The number of aromatic nitrogens is 3. The van der Waals surface area contributed by atoms with Crippen LogP contribution in [0.5, 0.6) is 0 Å². The van der Waals surface area contributed by atoms with Crippen molar-refractivity contribution in [3.8, 4) is 10.6 Å². The summed E-state index contributed by atoms with van der Waals surface area (Å²) in [5.41, 5.74) is 1.30. The number of anilines is 1. The van der Waals surface area contributed by atoms with Gasteiger partial charge in [0, 0.05) is 22.4 Å². The Balaban J connectivity index is 1.69. The molecular weight excluding hydrogens is 364 g/mol. The van der Waals surface area contributed by atoms with Gasteiger partial charge in [-0.1, -0.05) is 48.9 Å². The quantitative estimate of drug-likeness (QED) is 0.694. The monoisotopic (exact) mass is 378 g/mol. The first kappa shape index (κ1) is 17.0. The number of carbonyl (C=O) groups is 1. The summed E-state index contributed by atoms with van der Waals surface area (Å²) < 4.78 is 0. The SMILES string of the molecule is CC(C)Cc1nnc(NC(=O)c2csc(-c3ccc(Cl)cc3)n2)s1. The summed E-state index contributed by atoms with van der Waals surface area (Å²) in [5, 5.41) is 15.4. The van der Waals surface area contributed by atoms with Crippen LogP contribution in [0.15, 0.2) is 29.6 Å². The van der Waals surface area contributed by atoms with Crippen molar-refractivity contribution in [1.82, 2.24) is 15.2 Å². The fraction of sp³-hybridized carbons (Fsp3) is 0.250. The minimum absolute atomic E-state index is 0.279. The van der Waals surface area contributed by atoms with E-state index < -0.39 is 0 Å². The molecule has 0 radical (unpaired) electrons. The van der Waals surface area contributed by atoms with Crippen molar-refractivity contribution in [2.24, 2.45) is 5.92 Å². The van der Waals surface area contributed by atoms with E-state index in [1.165, 1.54) is 22.7 Å². The highest BCUT2D eigenvalue weighted by Gasteiger charge is 2.15. The van der Waals surface area contributed by atoms with Crippen LogP contribution in [-0.4, -0.2) is 21.1 Å². The standard InChI is InChI=1S/C16H15ClN4OS2/c1-9(2)7-13-20-21-16(24-13)19-14(22)12-8-23-15(18-12)10-3-5-11(17)6-4-10/h3-6,8-9H,7H2,1-2H3,(H,19,21,22). The van der Waals surface area contributed by atoms with Gasteiger partial charge in [0.2, 0.25) is 5.13 Å². The first-order chi connectivity index (χ1) is 11.5. The Morgan fingerprint density at radius 2 is 2.00 bits per heavy atom. The lowest BCUT2D eigenvalue weighted by atomic mass is 10.1. The second-order valence-electron chi connectivity index (χ2n) is 5.60. The maximum atomic E-state index is 12.3. The van der Waals surface area contributed by atoms with Gasteiger partial charge in [-0.15, -0.1) is 21.5 Å². The molecule has 0 aliphatic rings. The predicted molar refractivity (Wildman–Crippen MR) is 99.0 cm³/mol. The zero-order chi connectivity index (χ0) is 17.1. The second-order valence-corrected chi connectivity index (χ2v) is 7.95. The molecule has 0 unspecified atom stereocenters. The number of benzene rings is 1. The van der Waals surface area contributed by atoms with Crippen LogP contribution in [0.1, 0.15) is 29.3 Å². The number of nitrogens with zero attached hydrogens (tertiary/aromatic N) is 3. The molecule has 0 aliphatic heterocycles. The molecule has 0 aliphatic carbocycles. The number of rotatable bonds is 5. The van der Waals surface area contributed by atoms with Gasteiger partial charge in [-0.25, -0.2) is 4.98 Å². The van der Waals surface area contributed by atoms with Gasteiger partial charge in [0.15, 0.2) is 0 Å². The van der Waals surface area contributed by atoms with Crippen molar-refractivity contribution in [2.75, 3.05) is 5.32 Å². The molecule has 0 saturated heterocycles. The zero-order valence-corrected chi connectivity index (χ0v) is 15.5. The van der Waals surface area contributed by atoms with E-state index in [4.69, 9.17) is 11.6 Å². The lowest BCUT2D eigenvalue weighted by Gasteiger charge is -1.98. The van der Waals surface area contributed by atoms with Gasteiger partial charge >= 0.3 is 0 Å². The Hall–Kier alpha value is -1.83. The number of hydrogen-bond donors (Lipinski definition) is 1. The van der Waals surface area contributed by atoms with E-state index in [2.05, 4.69) is 34.3 Å². The normalized spacial score (nSPS) is 11.0. The molecule has 1 aromatic carbocycles. The average Bonchev–Trinajstić information content (AvgIpc) is 3.17.